The largest absolute Gasteiger partial charge is 0.390 e. The van der Waals surface area contributed by atoms with Crippen molar-refractivity contribution in [2.75, 3.05) is 26.9 Å². The van der Waals surface area contributed by atoms with Crippen LogP contribution in [0.3, 0.4) is 0 Å². The van der Waals surface area contributed by atoms with Gasteiger partial charge in [0.15, 0.2) is 0 Å². The summed E-state index contributed by atoms with van der Waals surface area (Å²) in [6.45, 7) is 3.09. The third kappa shape index (κ3) is 5.26. The molecule has 1 N–H and O–H groups in total. The summed E-state index contributed by atoms with van der Waals surface area (Å²) in [5.74, 6) is -0.280. The molecule has 0 heterocycles. The molecule has 4 heteroatoms. The van der Waals surface area contributed by atoms with Crippen LogP contribution in [0.2, 0.25) is 0 Å². The van der Waals surface area contributed by atoms with Gasteiger partial charge >= 0.3 is 0 Å². The molecule has 0 spiro atoms. The van der Waals surface area contributed by atoms with Gasteiger partial charge in [-0.2, -0.15) is 0 Å². The fraction of sp³-hybridized carbons (Fsp3) is 0.538. The highest BCUT2D eigenvalue weighted by atomic mass is 19.1. The van der Waals surface area contributed by atoms with Crippen molar-refractivity contribution in [1.29, 1.82) is 0 Å². The van der Waals surface area contributed by atoms with Gasteiger partial charge in [0.1, 0.15) is 5.82 Å². The minimum atomic E-state index is -0.618. The normalized spacial score (nSPS) is 12.7. The van der Waals surface area contributed by atoms with Crippen LogP contribution in [-0.2, 0) is 15.9 Å². The van der Waals surface area contributed by atoms with Crippen LogP contribution < -0.4 is 0 Å². The average Bonchev–Trinajstić information content (AvgIpc) is 2.29. The number of hydrogen-bond donors (Lipinski definition) is 1. The van der Waals surface area contributed by atoms with Crippen molar-refractivity contribution in [3.05, 3.63) is 35.1 Å². The van der Waals surface area contributed by atoms with Crippen LogP contribution in [0.5, 0.6) is 0 Å². The first-order valence-corrected chi connectivity index (χ1v) is 5.63. The molecule has 1 rings (SSSR count). The molecule has 96 valence electrons. The summed E-state index contributed by atoms with van der Waals surface area (Å²) >= 11 is 0. The predicted octanol–water partition coefficient (Wildman–Crippen LogP) is 1.70. The summed E-state index contributed by atoms with van der Waals surface area (Å²) in [5, 5.41) is 9.73. The highest BCUT2D eigenvalue weighted by molar-refractivity contribution is 5.27. The van der Waals surface area contributed by atoms with E-state index in [0.717, 1.165) is 11.1 Å². The molecule has 0 aliphatic carbocycles. The third-order valence-corrected chi connectivity index (χ3v) is 2.51. The summed E-state index contributed by atoms with van der Waals surface area (Å²) in [7, 11) is 1.59. The predicted molar refractivity (Wildman–Crippen MR) is 63.5 cm³/mol. The van der Waals surface area contributed by atoms with E-state index in [1.807, 2.05) is 6.92 Å². The van der Waals surface area contributed by atoms with Crippen LogP contribution >= 0.6 is 0 Å². The average molecular weight is 242 g/mol. The zero-order valence-electron chi connectivity index (χ0n) is 10.3. The second kappa shape index (κ2) is 7.37. The van der Waals surface area contributed by atoms with Crippen LogP contribution in [0, 0.1) is 12.7 Å². The Morgan fingerprint density at radius 3 is 2.82 bits per heavy atom. The molecule has 0 saturated heterocycles. The molecule has 0 aliphatic heterocycles. The minimum absolute atomic E-state index is 0.235. The standard InChI is InChI=1S/C13H19FO3/c1-10-3-4-12(14)7-11(10)8-13(15)9-17-6-5-16-2/h3-4,7,13,15H,5-6,8-9H2,1-2H3. The van der Waals surface area contributed by atoms with Crippen molar-refractivity contribution in [3.8, 4) is 0 Å². The lowest BCUT2D eigenvalue weighted by atomic mass is 10.0. The molecule has 0 bridgehead atoms. The van der Waals surface area contributed by atoms with E-state index in [9.17, 15) is 9.50 Å². The van der Waals surface area contributed by atoms with Crippen molar-refractivity contribution >= 4 is 0 Å². The number of aliphatic hydroxyl groups is 1. The van der Waals surface area contributed by atoms with Gasteiger partial charge in [-0.15, -0.1) is 0 Å². The molecule has 0 saturated carbocycles. The number of halogens is 1. The van der Waals surface area contributed by atoms with Crippen LogP contribution in [0.4, 0.5) is 4.39 Å². The number of ether oxygens (including phenoxy) is 2. The molecule has 0 aromatic heterocycles. The minimum Gasteiger partial charge on any atom is -0.390 e. The van der Waals surface area contributed by atoms with Crippen molar-refractivity contribution in [3.63, 3.8) is 0 Å². The molecule has 0 amide bonds. The first-order chi connectivity index (χ1) is 8.13. The topological polar surface area (TPSA) is 38.7 Å². The van der Waals surface area contributed by atoms with E-state index in [2.05, 4.69) is 0 Å². The first-order valence-electron chi connectivity index (χ1n) is 5.63. The van der Waals surface area contributed by atoms with E-state index in [4.69, 9.17) is 9.47 Å². The van der Waals surface area contributed by atoms with Crippen molar-refractivity contribution < 1.29 is 19.0 Å². The van der Waals surface area contributed by atoms with Crippen molar-refractivity contribution in [2.24, 2.45) is 0 Å². The summed E-state index contributed by atoms with van der Waals surface area (Å²) in [6, 6.07) is 4.58. The molecular weight excluding hydrogens is 223 g/mol. The maximum Gasteiger partial charge on any atom is 0.123 e. The molecular formula is C13H19FO3. The Bertz CT molecular complexity index is 341. The number of aryl methyl sites for hydroxylation is 1. The summed E-state index contributed by atoms with van der Waals surface area (Å²) in [4.78, 5) is 0. The van der Waals surface area contributed by atoms with Gasteiger partial charge in [-0.1, -0.05) is 6.07 Å². The Balaban J connectivity index is 2.39. The van der Waals surface area contributed by atoms with Gasteiger partial charge < -0.3 is 14.6 Å². The Labute approximate surface area is 101 Å². The number of hydrogen-bond acceptors (Lipinski definition) is 3. The Kier molecular flexibility index (Phi) is 6.11. The molecule has 1 unspecified atom stereocenters. The van der Waals surface area contributed by atoms with E-state index in [1.54, 1.807) is 13.2 Å². The Morgan fingerprint density at radius 1 is 1.35 bits per heavy atom. The van der Waals surface area contributed by atoms with Crippen LogP contribution in [0.1, 0.15) is 11.1 Å². The zero-order chi connectivity index (χ0) is 12.7. The highest BCUT2D eigenvalue weighted by Crippen LogP contribution is 2.12. The van der Waals surface area contributed by atoms with Crippen LogP contribution in [0.25, 0.3) is 0 Å². The molecule has 0 aliphatic rings. The summed E-state index contributed by atoms with van der Waals surface area (Å²) < 4.78 is 23.1. The maximum atomic E-state index is 13.0. The molecule has 1 atom stereocenters. The highest BCUT2D eigenvalue weighted by Gasteiger charge is 2.08. The van der Waals surface area contributed by atoms with Gasteiger partial charge in [0, 0.05) is 13.5 Å². The molecule has 1 aromatic rings. The Morgan fingerprint density at radius 2 is 2.12 bits per heavy atom. The van der Waals surface area contributed by atoms with E-state index < -0.39 is 6.10 Å². The zero-order valence-corrected chi connectivity index (χ0v) is 10.3. The van der Waals surface area contributed by atoms with Crippen molar-refractivity contribution in [2.45, 2.75) is 19.4 Å². The van der Waals surface area contributed by atoms with Gasteiger partial charge in [-0.25, -0.2) is 4.39 Å². The van der Waals surface area contributed by atoms with Crippen LogP contribution in [0.15, 0.2) is 18.2 Å². The Hall–Kier alpha value is -0.970. The van der Waals surface area contributed by atoms with Gasteiger partial charge in [-0.05, 0) is 30.2 Å². The second-order valence-electron chi connectivity index (χ2n) is 4.00. The lowest BCUT2D eigenvalue weighted by molar-refractivity contribution is 0.0136. The second-order valence-corrected chi connectivity index (χ2v) is 4.00. The lowest BCUT2D eigenvalue weighted by Crippen LogP contribution is -2.20. The first kappa shape index (κ1) is 14.1. The van der Waals surface area contributed by atoms with Crippen molar-refractivity contribution in [1.82, 2.24) is 0 Å². The van der Waals surface area contributed by atoms with E-state index in [1.165, 1.54) is 12.1 Å². The van der Waals surface area contributed by atoms with Crippen LogP contribution in [-0.4, -0.2) is 38.1 Å². The third-order valence-electron chi connectivity index (χ3n) is 2.51. The van der Waals surface area contributed by atoms with E-state index in [0.29, 0.717) is 19.6 Å². The lowest BCUT2D eigenvalue weighted by Gasteiger charge is -2.13. The van der Waals surface area contributed by atoms with E-state index >= 15 is 0 Å². The molecule has 0 fully saturated rings. The van der Waals surface area contributed by atoms with Gasteiger partial charge in [0.25, 0.3) is 0 Å². The number of methoxy groups -OCH3 is 1. The molecule has 17 heavy (non-hydrogen) atoms. The maximum absolute atomic E-state index is 13.0. The van der Waals surface area contributed by atoms with E-state index in [-0.39, 0.29) is 12.4 Å². The molecule has 1 aromatic carbocycles. The quantitative estimate of drug-likeness (QED) is 0.740. The van der Waals surface area contributed by atoms with Gasteiger partial charge in [-0.3, -0.25) is 0 Å². The van der Waals surface area contributed by atoms with Gasteiger partial charge in [0.2, 0.25) is 0 Å². The summed E-state index contributed by atoms with van der Waals surface area (Å²) in [5.41, 5.74) is 1.79. The number of benzene rings is 1. The molecule has 3 nitrogen and oxygen atoms in total. The van der Waals surface area contributed by atoms with Gasteiger partial charge in [0.05, 0.1) is 25.9 Å². The monoisotopic (exact) mass is 242 g/mol. The summed E-state index contributed by atoms with van der Waals surface area (Å²) in [6.07, 6.45) is -0.219. The SMILES string of the molecule is COCCOCC(O)Cc1cc(F)ccc1C. The molecule has 0 radical (unpaired) electrons. The fourth-order valence-corrected chi connectivity index (χ4v) is 1.53. The fourth-order valence-electron chi connectivity index (χ4n) is 1.53. The number of aliphatic hydroxyl groups excluding tert-OH is 1. The smallest absolute Gasteiger partial charge is 0.123 e. The number of rotatable bonds is 7.